The third kappa shape index (κ3) is 5.12. The molecule has 0 radical (unpaired) electrons. The number of hydrogen-bond acceptors (Lipinski definition) is 1. The van der Waals surface area contributed by atoms with Gasteiger partial charge >= 0.3 is 0 Å². The zero-order valence-corrected chi connectivity index (χ0v) is 13.1. The highest BCUT2D eigenvalue weighted by Crippen LogP contribution is 2.31. The summed E-state index contributed by atoms with van der Waals surface area (Å²) >= 11 is 6.07. The van der Waals surface area contributed by atoms with Gasteiger partial charge in [-0.1, -0.05) is 57.8 Å². The van der Waals surface area contributed by atoms with Crippen molar-refractivity contribution in [3.05, 3.63) is 34.6 Å². The van der Waals surface area contributed by atoms with Crippen LogP contribution in [0.4, 0.5) is 4.39 Å². The Bertz CT molecular complexity index is 406. The van der Waals surface area contributed by atoms with E-state index < -0.39 is 0 Å². The van der Waals surface area contributed by atoms with Crippen molar-refractivity contribution in [1.29, 1.82) is 0 Å². The number of rotatable bonds is 7. The zero-order valence-electron chi connectivity index (χ0n) is 12.4. The van der Waals surface area contributed by atoms with Crippen LogP contribution in [0.25, 0.3) is 0 Å². The second-order valence-electron chi connectivity index (χ2n) is 5.99. The van der Waals surface area contributed by atoms with Crippen molar-refractivity contribution in [3.8, 4) is 0 Å². The van der Waals surface area contributed by atoms with E-state index >= 15 is 0 Å². The molecule has 1 atom stereocenters. The van der Waals surface area contributed by atoms with Crippen LogP contribution >= 0.6 is 11.6 Å². The average molecular weight is 286 g/mol. The molecule has 0 aliphatic rings. The Balaban J connectivity index is 2.85. The van der Waals surface area contributed by atoms with Crippen molar-refractivity contribution in [2.75, 3.05) is 6.54 Å². The summed E-state index contributed by atoms with van der Waals surface area (Å²) < 4.78 is 13.5. The molecule has 1 unspecified atom stereocenters. The van der Waals surface area contributed by atoms with Gasteiger partial charge in [0.25, 0.3) is 0 Å². The molecule has 0 aliphatic carbocycles. The molecule has 0 heterocycles. The van der Waals surface area contributed by atoms with Gasteiger partial charge in [0.05, 0.1) is 5.02 Å². The molecule has 1 nitrogen and oxygen atoms in total. The van der Waals surface area contributed by atoms with Crippen molar-refractivity contribution < 1.29 is 4.39 Å². The van der Waals surface area contributed by atoms with Gasteiger partial charge in [-0.15, -0.1) is 0 Å². The fraction of sp³-hybridized carbons (Fsp3) is 0.625. The van der Waals surface area contributed by atoms with Gasteiger partial charge in [0, 0.05) is 12.6 Å². The van der Waals surface area contributed by atoms with Gasteiger partial charge in [-0.2, -0.15) is 0 Å². The van der Waals surface area contributed by atoms with Crippen molar-refractivity contribution in [1.82, 2.24) is 5.32 Å². The van der Waals surface area contributed by atoms with Gasteiger partial charge in [0.2, 0.25) is 0 Å². The third-order valence-electron chi connectivity index (χ3n) is 3.44. The Morgan fingerprint density at radius 3 is 2.63 bits per heavy atom. The van der Waals surface area contributed by atoms with Gasteiger partial charge in [-0.05, 0) is 29.9 Å². The smallest absolute Gasteiger partial charge is 0.142 e. The predicted molar refractivity (Wildman–Crippen MR) is 81.3 cm³/mol. The lowest BCUT2D eigenvalue weighted by Crippen LogP contribution is -2.37. The van der Waals surface area contributed by atoms with E-state index in [1.807, 2.05) is 6.07 Å². The van der Waals surface area contributed by atoms with E-state index in [0.717, 1.165) is 31.4 Å². The van der Waals surface area contributed by atoms with Crippen LogP contribution in [-0.4, -0.2) is 12.6 Å². The highest BCUT2D eigenvalue weighted by atomic mass is 35.5. The molecule has 1 aromatic carbocycles. The van der Waals surface area contributed by atoms with Crippen LogP contribution in [0.3, 0.4) is 0 Å². The van der Waals surface area contributed by atoms with Gasteiger partial charge in [-0.25, -0.2) is 4.39 Å². The number of nitrogens with one attached hydrogen (secondary N) is 1. The zero-order chi connectivity index (χ0) is 14.5. The van der Waals surface area contributed by atoms with E-state index in [4.69, 9.17) is 11.6 Å². The maximum absolute atomic E-state index is 13.5. The highest BCUT2D eigenvalue weighted by Gasteiger charge is 2.25. The fourth-order valence-corrected chi connectivity index (χ4v) is 2.63. The molecule has 19 heavy (non-hydrogen) atoms. The van der Waals surface area contributed by atoms with E-state index in [2.05, 4.69) is 33.0 Å². The lowest BCUT2D eigenvalue weighted by Gasteiger charge is -2.31. The highest BCUT2D eigenvalue weighted by molar-refractivity contribution is 6.31. The number of benzene rings is 1. The summed E-state index contributed by atoms with van der Waals surface area (Å²) in [5.74, 6) is -0.324. The molecule has 1 N–H and O–H groups in total. The lowest BCUT2D eigenvalue weighted by atomic mass is 9.79. The molecule has 0 saturated heterocycles. The van der Waals surface area contributed by atoms with Crippen LogP contribution in [-0.2, 0) is 6.42 Å². The molecule has 0 fully saturated rings. The molecule has 1 aromatic rings. The third-order valence-corrected chi connectivity index (χ3v) is 3.86. The molecular weight excluding hydrogens is 261 g/mol. The summed E-state index contributed by atoms with van der Waals surface area (Å²) in [7, 11) is 0. The van der Waals surface area contributed by atoms with E-state index in [0.29, 0.717) is 6.04 Å². The first-order chi connectivity index (χ1) is 8.88. The van der Waals surface area contributed by atoms with Crippen LogP contribution in [0.5, 0.6) is 0 Å². The molecule has 0 amide bonds. The molecule has 0 bridgehead atoms. The average Bonchev–Trinajstić information content (AvgIpc) is 2.33. The molecule has 3 heteroatoms. The first kappa shape index (κ1) is 16.5. The van der Waals surface area contributed by atoms with Crippen LogP contribution in [0, 0.1) is 11.2 Å². The molecule has 1 rings (SSSR count). The molecule has 0 aromatic heterocycles. The van der Waals surface area contributed by atoms with E-state index in [1.54, 1.807) is 6.07 Å². The van der Waals surface area contributed by atoms with Gasteiger partial charge in [0.1, 0.15) is 5.82 Å². The minimum absolute atomic E-state index is 0.108. The number of hydrogen-bond donors (Lipinski definition) is 1. The fourth-order valence-electron chi connectivity index (χ4n) is 2.44. The Labute approximate surface area is 121 Å². The molecule has 0 spiro atoms. The van der Waals surface area contributed by atoms with E-state index in [1.165, 1.54) is 6.07 Å². The van der Waals surface area contributed by atoms with Gasteiger partial charge in [0.15, 0.2) is 0 Å². The topological polar surface area (TPSA) is 12.0 Å². The lowest BCUT2D eigenvalue weighted by molar-refractivity contribution is 0.267. The van der Waals surface area contributed by atoms with Crippen molar-refractivity contribution in [2.45, 2.75) is 53.0 Å². The summed E-state index contributed by atoms with van der Waals surface area (Å²) in [5, 5.41) is 3.76. The molecule has 0 aliphatic heterocycles. The molecular formula is C16H25ClFN. The van der Waals surface area contributed by atoms with Crippen molar-refractivity contribution in [2.24, 2.45) is 5.41 Å². The number of halogens is 2. The normalized spacial score (nSPS) is 14.7. The van der Waals surface area contributed by atoms with Gasteiger partial charge in [-0.3, -0.25) is 0 Å². The van der Waals surface area contributed by atoms with Crippen molar-refractivity contribution >= 4 is 11.6 Å². The summed E-state index contributed by atoms with van der Waals surface area (Å²) in [6.07, 6.45) is 3.01. The summed E-state index contributed by atoms with van der Waals surface area (Å²) in [4.78, 5) is 0. The second-order valence-corrected chi connectivity index (χ2v) is 6.36. The largest absolute Gasteiger partial charge is 0.314 e. The van der Waals surface area contributed by atoms with E-state index in [-0.39, 0.29) is 16.3 Å². The van der Waals surface area contributed by atoms with Crippen molar-refractivity contribution in [3.63, 3.8) is 0 Å². The summed E-state index contributed by atoms with van der Waals surface area (Å²) in [6, 6.07) is 5.53. The first-order valence-electron chi connectivity index (χ1n) is 7.04. The maximum Gasteiger partial charge on any atom is 0.142 e. The quantitative estimate of drug-likeness (QED) is 0.757. The van der Waals surface area contributed by atoms with Crippen LogP contribution in [0.15, 0.2) is 18.2 Å². The minimum atomic E-state index is -0.324. The standard InChI is InChI=1S/C16H25ClFN/c1-5-9-16(4,11-19-12(2)3)10-13-7-6-8-14(18)15(13)17/h6-8,12,19H,5,9-11H2,1-4H3. The molecule has 108 valence electrons. The summed E-state index contributed by atoms with van der Waals surface area (Å²) in [6.45, 7) is 9.63. The Hall–Kier alpha value is -0.600. The van der Waals surface area contributed by atoms with Gasteiger partial charge < -0.3 is 5.32 Å². The monoisotopic (exact) mass is 285 g/mol. The maximum atomic E-state index is 13.5. The Morgan fingerprint density at radius 1 is 1.37 bits per heavy atom. The van der Waals surface area contributed by atoms with Crippen LogP contribution < -0.4 is 5.32 Å². The first-order valence-corrected chi connectivity index (χ1v) is 7.42. The van der Waals surface area contributed by atoms with Crippen LogP contribution in [0.1, 0.15) is 46.1 Å². The second kappa shape index (κ2) is 7.25. The Kier molecular flexibility index (Phi) is 6.28. The predicted octanol–water partition coefficient (Wildman–Crippen LogP) is 4.83. The summed E-state index contributed by atoms with van der Waals surface area (Å²) in [5.41, 5.74) is 1.01. The van der Waals surface area contributed by atoms with Crippen LogP contribution in [0.2, 0.25) is 5.02 Å². The van der Waals surface area contributed by atoms with E-state index in [9.17, 15) is 4.39 Å². The SMILES string of the molecule is CCCC(C)(CNC(C)C)Cc1cccc(F)c1Cl. The minimum Gasteiger partial charge on any atom is -0.314 e. The Morgan fingerprint density at radius 2 is 2.05 bits per heavy atom. The molecule has 0 saturated carbocycles.